The summed E-state index contributed by atoms with van der Waals surface area (Å²) in [5.74, 6) is -1.25. The number of rotatable bonds is 5. The van der Waals surface area contributed by atoms with E-state index >= 15 is 0 Å². The summed E-state index contributed by atoms with van der Waals surface area (Å²) in [4.78, 5) is 12.0. The van der Waals surface area contributed by atoms with Gasteiger partial charge in [0, 0.05) is 67.3 Å². The Morgan fingerprint density at radius 3 is 2.37 bits per heavy atom. The van der Waals surface area contributed by atoms with Crippen LogP contribution in [0.15, 0.2) is 73.3 Å². The maximum atomic E-state index is 14.6. The minimum absolute atomic E-state index is 0.119. The van der Waals surface area contributed by atoms with Crippen LogP contribution >= 0.6 is 0 Å². The van der Waals surface area contributed by atoms with Crippen LogP contribution in [-0.4, -0.2) is 43.4 Å². The minimum Gasteiger partial charge on any atom is -0.370 e. The molecular weight excluding hydrogens is 544 g/mol. The molecule has 1 saturated heterocycles. The van der Waals surface area contributed by atoms with Crippen LogP contribution in [-0.2, 0) is 7.05 Å². The number of aromatic nitrogens is 5. The highest BCUT2D eigenvalue weighted by Gasteiger charge is 2.28. The summed E-state index contributed by atoms with van der Waals surface area (Å²) in [7, 11) is 1.93. The van der Waals surface area contributed by atoms with Crippen LogP contribution in [0.2, 0.25) is 0 Å². The van der Waals surface area contributed by atoms with Gasteiger partial charge in [-0.2, -0.15) is 5.10 Å². The van der Waals surface area contributed by atoms with Gasteiger partial charge in [-0.25, -0.2) is 13.8 Å². The Bertz CT molecular complexity index is 1950. The summed E-state index contributed by atoms with van der Waals surface area (Å²) in [5.41, 5.74) is 14.2. The smallest absolute Gasteiger partial charge is 0.143 e. The van der Waals surface area contributed by atoms with Crippen molar-refractivity contribution in [3.8, 4) is 22.3 Å². The number of nitrogens with zero attached hydrogens (tertiary/aromatic N) is 6. The molecule has 6 aromatic rings. The summed E-state index contributed by atoms with van der Waals surface area (Å²) in [6, 6.07) is 14.1. The summed E-state index contributed by atoms with van der Waals surface area (Å²) < 4.78 is 33.1. The fourth-order valence-electron chi connectivity index (χ4n) is 6.29. The Balaban J connectivity index is 1.54. The molecule has 218 valence electrons. The van der Waals surface area contributed by atoms with Gasteiger partial charge in [0.15, 0.2) is 0 Å². The maximum Gasteiger partial charge on any atom is 0.143 e. The first-order valence-electron chi connectivity index (χ1n) is 14.6. The average molecular weight is 578 g/mol. The second kappa shape index (κ2) is 10.6. The van der Waals surface area contributed by atoms with Crippen LogP contribution in [0, 0.1) is 18.6 Å². The molecule has 0 bridgehead atoms. The molecule has 1 atom stereocenters. The molecule has 7 rings (SSSR count). The van der Waals surface area contributed by atoms with Crippen molar-refractivity contribution in [2.45, 2.75) is 38.8 Å². The predicted octanol–water partition coefficient (Wildman–Crippen LogP) is 6.78. The highest BCUT2D eigenvalue weighted by atomic mass is 19.1. The highest BCUT2D eigenvalue weighted by molar-refractivity contribution is 6.08. The van der Waals surface area contributed by atoms with Crippen molar-refractivity contribution in [3.63, 3.8) is 0 Å². The van der Waals surface area contributed by atoms with Crippen molar-refractivity contribution < 1.29 is 8.78 Å². The molecule has 1 unspecified atom stereocenters. The van der Waals surface area contributed by atoms with Gasteiger partial charge >= 0.3 is 0 Å². The lowest BCUT2D eigenvalue weighted by molar-refractivity contribution is 0.502. The first-order chi connectivity index (χ1) is 20.8. The normalized spacial score (nSPS) is 15.1. The monoisotopic (exact) mass is 577 g/mol. The molecule has 0 amide bonds. The molecule has 1 fully saturated rings. The van der Waals surface area contributed by atoms with E-state index in [-0.39, 0.29) is 12.1 Å². The van der Waals surface area contributed by atoms with Gasteiger partial charge in [-0.3, -0.25) is 9.67 Å². The van der Waals surface area contributed by atoms with E-state index in [2.05, 4.69) is 52.0 Å². The van der Waals surface area contributed by atoms with Crippen LogP contribution in [0.25, 0.3) is 44.2 Å². The fourth-order valence-corrected chi connectivity index (χ4v) is 6.29. The van der Waals surface area contributed by atoms with E-state index in [0.717, 1.165) is 82.0 Å². The maximum absolute atomic E-state index is 14.6. The average Bonchev–Trinajstić information content (AvgIpc) is 3.57. The number of hydrogen-bond acceptors (Lipinski definition) is 5. The number of fused-ring (bicyclic) bond motifs is 2. The van der Waals surface area contributed by atoms with E-state index in [1.807, 2.05) is 37.1 Å². The zero-order chi connectivity index (χ0) is 29.8. The molecule has 2 N–H and O–H groups in total. The first-order valence-corrected chi connectivity index (χ1v) is 14.6. The first kappa shape index (κ1) is 27.2. The molecule has 7 nitrogen and oxygen atoms in total. The molecular formula is C34H33F2N7. The number of anilines is 1. The van der Waals surface area contributed by atoms with Gasteiger partial charge in [0.2, 0.25) is 0 Å². The van der Waals surface area contributed by atoms with Crippen molar-refractivity contribution >= 4 is 27.6 Å². The Morgan fingerprint density at radius 2 is 1.65 bits per heavy atom. The van der Waals surface area contributed by atoms with Gasteiger partial charge in [-0.1, -0.05) is 12.1 Å². The molecule has 0 radical (unpaired) electrons. The van der Waals surface area contributed by atoms with E-state index in [1.54, 1.807) is 6.20 Å². The molecule has 43 heavy (non-hydrogen) atoms. The molecule has 0 saturated carbocycles. The minimum atomic E-state index is -0.624. The van der Waals surface area contributed by atoms with Crippen LogP contribution in [0.5, 0.6) is 0 Å². The van der Waals surface area contributed by atoms with E-state index in [4.69, 9.17) is 15.7 Å². The number of aryl methyl sites for hydroxylation is 2. The highest BCUT2D eigenvalue weighted by Crippen LogP contribution is 2.45. The van der Waals surface area contributed by atoms with Gasteiger partial charge in [-0.15, -0.1) is 0 Å². The largest absolute Gasteiger partial charge is 0.370 e. The molecule has 4 aromatic heterocycles. The van der Waals surface area contributed by atoms with Gasteiger partial charge in [-0.05, 0) is 73.7 Å². The number of nitrogens with two attached hydrogens (primary N) is 1. The summed E-state index contributed by atoms with van der Waals surface area (Å²) in [6.07, 6.45) is 9.27. The van der Waals surface area contributed by atoms with Crippen LogP contribution in [0.1, 0.15) is 37.1 Å². The van der Waals surface area contributed by atoms with Gasteiger partial charge < -0.3 is 15.2 Å². The Labute approximate surface area is 248 Å². The quantitative estimate of drug-likeness (QED) is 0.245. The van der Waals surface area contributed by atoms with Crippen molar-refractivity contribution in [2.75, 3.05) is 18.0 Å². The van der Waals surface area contributed by atoms with Crippen LogP contribution in [0.4, 0.5) is 14.5 Å². The molecule has 0 spiro atoms. The number of benzene rings is 2. The molecule has 1 aliphatic heterocycles. The summed E-state index contributed by atoms with van der Waals surface area (Å²) in [5, 5.41) is 6.40. The third kappa shape index (κ3) is 4.83. The number of piperidine rings is 1. The van der Waals surface area contributed by atoms with E-state index < -0.39 is 11.6 Å². The van der Waals surface area contributed by atoms with E-state index in [9.17, 15) is 8.78 Å². The molecule has 9 heteroatoms. The van der Waals surface area contributed by atoms with Crippen molar-refractivity contribution in [1.82, 2.24) is 24.3 Å². The van der Waals surface area contributed by atoms with Crippen LogP contribution < -0.4 is 10.6 Å². The molecule has 0 aliphatic carbocycles. The second-order valence-electron chi connectivity index (χ2n) is 11.6. The van der Waals surface area contributed by atoms with Crippen molar-refractivity contribution in [1.29, 1.82) is 0 Å². The summed E-state index contributed by atoms with van der Waals surface area (Å²) in [6.45, 7) is 5.59. The lowest BCUT2D eigenvalue weighted by atomic mass is 9.96. The topological polar surface area (TPSA) is 77.8 Å². The Kier molecular flexibility index (Phi) is 6.69. The third-order valence-corrected chi connectivity index (χ3v) is 8.68. The second-order valence-corrected chi connectivity index (χ2v) is 11.6. The van der Waals surface area contributed by atoms with Crippen molar-refractivity contribution in [3.05, 3.63) is 96.2 Å². The third-order valence-electron chi connectivity index (χ3n) is 8.68. The van der Waals surface area contributed by atoms with E-state index in [0.29, 0.717) is 11.1 Å². The predicted molar refractivity (Wildman–Crippen MR) is 167 cm³/mol. The van der Waals surface area contributed by atoms with Crippen molar-refractivity contribution in [2.24, 2.45) is 12.8 Å². The molecule has 1 aliphatic rings. The zero-order valence-electron chi connectivity index (χ0n) is 24.4. The number of hydrogen-bond donors (Lipinski definition) is 1. The Hall–Kier alpha value is -4.63. The van der Waals surface area contributed by atoms with Crippen LogP contribution in [0.3, 0.4) is 0 Å². The van der Waals surface area contributed by atoms with Gasteiger partial charge in [0.1, 0.15) is 17.3 Å². The summed E-state index contributed by atoms with van der Waals surface area (Å²) >= 11 is 0. The fraction of sp³-hybridized carbons (Fsp3) is 0.265. The van der Waals surface area contributed by atoms with Gasteiger partial charge in [0.05, 0.1) is 34.5 Å². The number of pyridine rings is 2. The lowest BCUT2D eigenvalue weighted by Gasteiger charge is -2.34. The SMILES string of the molecule is Cc1ccc(C(C)n2cc(-c3ccc4c(cnn4C)c3)c3c(N4CCC(N)CC4)c(-c4cc(F)cc(F)c4)cnc32)nc1. The molecule has 5 heterocycles. The molecule has 2 aromatic carbocycles. The van der Waals surface area contributed by atoms with Gasteiger partial charge in [0.25, 0.3) is 0 Å². The standard InChI is InChI=1S/C34H33F2N7/c1-20-4-6-30(38-16-20)21(2)43-19-29(22-5-7-31-24(12-22)17-40-41(31)3)32-33(42-10-8-27(37)9-11-42)28(18-39-34(32)43)23-13-25(35)15-26(36)14-23/h4-7,12-19,21,27H,8-11,37H2,1-3H3. The van der Waals surface area contributed by atoms with E-state index in [1.165, 1.54) is 12.1 Å². The Morgan fingerprint density at radius 1 is 0.884 bits per heavy atom. The zero-order valence-corrected chi connectivity index (χ0v) is 24.4. The lowest BCUT2D eigenvalue weighted by Crippen LogP contribution is -2.40. The number of halogens is 2.